The number of carbonyl (C=O) groups excluding carboxylic acids is 1. The molecule has 1 aliphatic rings. The van der Waals surface area contributed by atoms with Gasteiger partial charge in [0, 0.05) is 43.7 Å². The molecule has 29 heavy (non-hydrogen) atoms. The maximum Gasteiger partial charge on any atom is 0.276 e. The van der Waals surface area contributed by atoms with Gasteiger partial charge < -0.3 is 14.7 Å². The number of nitrogens with zero attached hydrogens (tertiary/aromatic N) is 3. The van der Waals surface area contributed by atoms with Gasteiger partial charge in [-0.1, -0.05) is 36.3 Å². The molecule has 1 saturated heterocycles. The largest absolute Gasteiger partial charge is 0.355 e. The lowest BCUT2D eigenvalue weighted by atomic mass is 10.0. The van der Waals surface area contributed by atoms with Crippen molar-refractivity contribution in [1.82, 2.24) is 20.4 Å². The maximum atomic E-state index is 13.1. The van der Waals surface area contributed by atoms with Crippen LogP contribution >= 0.6 is 24.8 Å². The minimum absolute atomic E-state index is 0. The number of aromatic nitrogens is 2. The maximum absolute atomic E-state index is 13.1. The second-order valence-electron chi connectivity index (χ2n) is 6.63. The molecule has 1 aromatic carbocycles. The number of rotatable bonds is 4. The number of amides is 1. The van der Waals surface area contributed by atoms with Crippen molar-refractivity contribution in [3.63, 3.8) is 0 Å². The van der Waals surface area contributed by atoms with Crippen LogP contribution in [0.25, 0.3) is 11.3 Å². The van der Waals surface area contributed by atoms with Gasteiger partial charge >= 0.3 is 0 Å². The molecule has 1 amide bonds. The molecule has 0 spiro atoms. The first kappa shape index (κ1) is 22.9. The molecule has 1 aliphatic heterocycles. The van der Waals surface area contributed by atoms with Gasteiger partial charge in [-0.05, 0) is 29.7 Å². The highest BCUT2D eigenvalue weighted by molar-refractivity contribution is 5.93. The van der Waals surface area contributed by atoms with Crippen molar-refractivity contribution in [2.75, 3.05) is 19.6 Å². The van der Waals surface area contributed by atoms with E-state index in [0.717, 1.165) is 30.6 Å². The molecule has 1 fully saturated rings. The van der Waals surface area contributed by atoms with Gasteiger partial charge in [0.05, 0.1) is 6.04 Å². The topological polar surface area (TPSA) is 71.3 Å². The fourth-order valence-electron chi connectivity index (χ4n) is 3.39. The second kappa shape index (κ2) is 10.4. The summed E-state index contributed by atoms with van der Waals surface area (Å²) in [4.78, 5) is 19.1. The molecule has 154 valence electrons. The molecular formula is C21H24Cl2N4O2. The predicted octanol–water partition coefficient (Wildman–Crippen LogP) is 3.93. The van der Waals surface area contributed by atoms with Crippen molar-refractivity contribution >= 4 is 30.7 Å². The summed E-state index contributed by atoms with van der Waals surface area (Å²) in [7, 11) is 0. The van der Waals surface area contributed by atoms with E-state index in [-0.39, 0.29) is 36.8 Å². The van der Waals surface area contributed by atoms with Gasteiger partial charge in [0.15, 0.2) is 11.5 Å². The first-order valence-electron chi connectivity index (χ1n) is 9.24. The third-order valence-corrected chi connectivity index (χ3v) is 4.95. The molecule has 8 heteroatoms. The summed E-state index contributed by atoms with van der Waals surface area (Å²) in [6.45, 7) is 4.26. The molecule has 0 bridgehead atoms. The minimum Gasteiger partial charge on any atom is -0.355 e. The average molecular weight is 435 g/mol. The van der Waals surface area contributed by atoms with Gasteiger partial charge in [0.2, 0.25) is 0 Å². The highest BCUT2D eigenvalue weighted by Crippen LogP contribution is 2.26. The molecule has 6 nitrogen and oxygen atoms in total. The van der Waals surface area contributed by atoms with Gasteiger partial charge in [-0.3, -0.25) is 9.78 Å². The molecule has 1 unspecified atom stereocenters. The van der Waals surface area contributed by atoms with Crippen LogP contribution in [0.15, 0.2) is 59.4 Å². The highest BCUT2D eigenvalue weighted by Gasteiger charge is 2.30. The summed E-state index contributed by atoms with van der Waals surface area (Å²) < 4.78 is 5.38. The van der Waals surface area contributed by atoms with Crippen molar-refractivity contribution in [3.05, 3.63) is 71.7 Å². The van der Waals surface area contributed by atoms with E-state index in [9.17, 15) is 4.79 Å². The molecule has 0 aliphatic carbocycles. The normalized spacial score (nSPS) is 15.9. The number of pyridine rings is 1. The summed E-state index contributed by atoms with van der Waals surface area (Å²) in [5.74, 6) is 0.436. The third-order valence-electron chi connectivity index (χ3n) is 4.95. The summed E-state index contributed by atoms with van der Waals surface area (Å²) in [6.07, 6.45) is 4.39. The molecule has 0 radical (unpaired) electrons. The monoisotopic (exact) mass is 434 g/mol. The van der Waals surface area contributed by atoms with E-state index in [1.807, 2.05) is 17.0 Å². The smallest absolute Gasteiger partial charge is 0.276 e. The van der Waals surface area contributed by atoms with Crippen LogP contribution < -0.4 is 5.32 Å². The zero-order chi connectivity index (χ0) is 18.6. The molecule has 4 rings (SSSR count). The fourth-order valence-corrected chi connectivity index (χ4v) is 3.39. The number of halogens is 2. The molecule has 3 aromatic rings. The summed E-state index contributed by atoms with van der Waals surface area (Å²) >= 11 is 0. The zero-order valence-corrected chi connectivity index (χ0v) is 17.7. The number of carbonyl (C=O) groups is 1. The Kier molecular flexibility index (Phi) is 8.20. The van der Waals surface area contributed by atoms with Gasteiger partial charge in [-0.25, -0.2) is 0 Å². The Hall–Kier alpha value is -2.41. The number of hydrogen-bond donors (Lipinski definition) is 1. The van der Waals surface area contributed by atoms with Crippen molar-refractivity contribution in [2.24, 2.45) is 0 Å². The standard InChI is InChI=1S/C21H22N4O2.2ClH/c1-2-15-5-7-16(8-6-15)19-14-23-10-11-25(19)21(26)18-12-20(27-24-18)17-4-3-9-22-13-17;;/h3-9,12-13,19,23H,2,10-11,14H2,1H3;2*1H. The van der Waals surface area contributed by atoms with Crippen molar-refractivity contribution in [2.45, 2.75) is 19.4 Å². The molecule has 1 N–H and O–H groups in total. The van der Waals surface area contributed by atoms with Crippen molar-refractivity contribution < 1.29 is 9.32 Å². The fraction of sp³-hybridized carbons (Fsp3) is 0.286. The highest BCUT2D eigenvalue weighted by atomic mass is 35.5. The lowest BCUT2D eigenvalue weighted by Gasteiger charge is -2.36. The van der Waals surface area contributed by atoms with E-state index in [1.165, 1.54) is 5.56 Å². The van der Waals surface area contributed by atoms with E-state index in [1.54, 1.807) is 18.5 Å². The Morgan fingerprint density at radius 2 is 2.03 bits per heavy atom. The van der Waals surface area contributed by atoms with Crippen molar-refractivity contribution in [3.8, 4) is 11.3 Å². The molecule has 1 atom stereocenters. The van der Waals surface area contributed by atoms with Crippen molar-refractivity contribution in [1.29, 1.82) is 0 Å². The van der Waals surface area contributed by atoms with Gasteiger partial charge in [-0.2, -0.15) is 0 Å². The Bertz CT molecular complexity index is 916. The van der Waals surface area contributed by atoms with Crippen LogP contribution in [0.1, 0.15) is 34.6 Å². The molecule has 2 aromatic heterocycles. The lowest BCUT2D eigenvalue weighted by Crippen LogP contribution is -2.48. The Morgan fingerprint density at radius 1 is 1.24 bits per heavy atom. The van der Waals surface area contributed by atoms with E-state index >= 15 is 0 Å². The van der Waals surface area contributed by atoms with Crippen LogP contribution in [-0.4, -0.2) is 40.6 Å². The van der Waals surface area contributed by atoms with Crippen LogP contribution in [0, 0.1) is 0 Å². The van der Waals surface area contributed by atoms with Crippen LogP contribution in [0.2, 0.25) is 0 Å². The van der Waals surface area contributed by atoms with Gasteiger partial charge in [-0.15, -0.1) is 24.8 Å². The number of benzene rings is 1. The van der Waals surface area contributed by atoms with Gasteiger partial charge in [0.1, 0.15) is 0 Å². The summed E-state index contributed by atoms with van der Waals surface area (Å²) in [5.41, 5.74) is 3.55. The molecule has 0 saturated carbocycles. The van der Waals surface area contributed by atoms with E-state index in [2.05, 4.69) is 46.6 Å². The average Bonchev–Trinajstić information content (AvgIpc) is 3.24. The van der Waals surface area contributed by atoms with Gasteiger partial charge in [0.25, 0.3) is 5.91 Å². The lowest BCUT2D eigenvalue weighted by molar-refractivity contribution is 0.0624. The quantitative estimate of drug-likeness (QED) is 0.673. The van der Waals surface area contributed by atoms with Crippen LogP contribution in [0.3, 0.4) is 0 Å². The first-order chi connectivity index (χ1) is 13.3. The predicted molar refractivity (Wildman–Crippen MR) is 117 cm³/mol. The van der Waals surface area contributed by atoms with E-state index in [0.29, 0.717) is 18.0 Å². The summed E-state index contributed by atoms with van der Waals surface area (Å²) in [6, 6.07) is 13.9. The Morgan fingerprint density at radius 3 is 2.72 bits per heavy atom. The number of nitrogens with one attached hydrogen (secondary N) is 1. The van der Waals surface area contributed by atoms with Crippen LogP contribution in [0.4, 0.5) is 0 Å². The SMILES string of the molecule is CCc1ccc(C2CNCCN2C(=O)c2cc(-c3cccnc3)on2)cc1.Cl.Cl. The van der Waals surface area contributed by atoms with Crippen LogP contribution in [0.5, 0.6) is 0 Å². The molecule has 3 heterocycles. The Balaban J connectivity index is 0.00000150. The second-order valence-corrected chi connectivity index (χ2v) is 6.63. The zero-order valence-electron chi connectivity index (χ0n) is 16.1. The number of hydrogen-bond acceptors (Lipinski definition) is 5. The number of aryl methyl sites for hydroxylation is 1. The van der Waals surface area contributed by atoms with E-state index < -0.39 is 0 Å². The summed E-state index contributed by atoms with van der Waals surface area (Å²) in [5, 5.41) is 7.39. The Labute approximate surface area is 182 Å². The molecular weight excluding hydrogens is 411 g/mol. The third kappa shape index (κ3) is 4.96. The first-order valence-corrected chi connectivity index (χ1v) is 9.24. The van der Waals surface area contributed by atoms with E-state index in [4.69, 9.17) is 4.52 Å². The number of piperazine rings is 1. The van der Waals surface area contributed by atoms with Crippen LogP contribution in [-0.2, 0) is 6.42 Å². The minimum atomic E-state index is -0.111.